The van der Waals surface area contributed by atoms with Crippen LogP contribution in [0.25, 0.3) is 0 Å². The van der Waals surface area contributed by atoms with Gasteiger partial charge in [-0.25, -0.2) is 4.79 Å². The average Bonchev–Trinajstić information content (AvgIpc) is 3.20. The summed E-state index contributed by atoms with van der Waals surface area (Å²) < 4.78 is 11.0. The Balaban J connectivity index is 1.98. The van der Waals surface area contributed by atoms with Gasteiger partial charge in [-0.05, 0) is 45.1 Å². The normalized spacial score (nSPS) is 33.7. The molecule has 2 rings (SSSR count). The zero-order chi connectivity index (χ0) is 25.3. The molecule has 0 bridgehead atoms. The van der Waals surface area contributed by atoms with Gasteiger partial charge in [-0.1, -0.05) is 44.2 Å². The van der Waals surface area contributed by atoms with E-state index >= 15 is 0 Å². The molecule has 2 heterocycles. The topological polar surface area (TPSA) is 117 Å². The molecule has 0 saturated carbocycles. The molecule has 2 aliphatic rings. The standard InChI is InChI=1S/C26H41NO7/c1-18(17-33-25(31)27-14-11-22(29)16-27)7-5-8-19(2)24-20(3)9-6-12-26(4,32)13-10-21(28)15-23(30)34-24/h5-9,18,20-22,24,28-29,32H,10-17H2,1-4H3/b7-5+,9-6+,19-8+/t18-,20+,21-,22-,24-,26+/m1/s1. The van der Waals surface area contributed by atoms with Crippen molar-refractivity contribution in [3.05, 3.63) is 36.0 Å². The van der Waals surface area contributed by atoms with Crippen molar-refractivity contribution in [3.63, 3.8) is 0 Å². The first kappa shape index (κ1) is 28.1. The Bertz CT molecular complexity index is 773. The fourth-order valence-corrected chi connectivity index (χ4v) is 4.07. The third kappa shape index (κ3) is 9.60. The summed E-state index contributed by atoms with van der Waals surface area (Å²) in [7, 11) is 0. The van der Waals surface area contributed by atoms with Crippen LogP contribution in [0.4, 0.5) is 4.79 Å². The molecule has 1 fully saturated rings. The van der Waals surface area contributed by atoms with Gasteiger partial charge in [-0.2, -0.15) is 0 Å². The summed E-state index contributed by atoms with van der Waals surface area (Å²) in [6.07, 6.45) is 8.90. The van der Waals surface area contributed by atoms with Crippen molar-refractivity contribution in [3.8, 4) is 0 Å². The summed E-state index contributed by atoms with van der Waals surface area (Å²) in [4.78, 5) is 26.0. The highest BCUT2D eigenvalue weighted by molar-refractivity contribution is 5.70. The van der Waals surface area contributed by atoms with E-state index in [1.54, 1.807) is 6.92 Å². The van der Waals surface area contributed by atoms with E-state index in [-0.39, 0.29) is 24.9 Å². The van der Waals surface area contributed by atoms with Crippen LogP contribution in [0.3, 0.4) is 0 Å². The van der Waals surface area contributed by atoms with Crippen molar-refractivity contribution >= 4 is 12.1 Å². The van der Waals surface area contributed by atoms with Gasteiger partial charge in [0.2, 0.25) is 0 Å². The number of ether oxygens (including phenoxy) is 2. The lowest BCUT2D eigenvalue weighted by Crippen LogP contribution is -2.31. The van der Waals surface area contributed by atoms with Crippen molar-refractivity contribution in [2.45, 2.75) is 83.7 Å². The number of nitrogens with zero attached hydrogens (tertiary/aromatic N) is 1. The number of carbonyl (C=O) groups excluding carboxylic acids is 2. The number of aliphatic hydroxyl groups excluding tert-OH is 2. The number of hydrogen-bond donors (Lipinski definition) is 3. The molecule has 0 aliphatic carbocycles. The lowest BCUT2D eigenvalue weighted by molar-refractivity contribution is -0.151. The zero-order valence-corrected chi connectivity index (χ0v) is 20.9. The molecule has 0 aromatic carbocycles. The van der Waals surface area contributed by atoms with Gasteiger partial charge < -0.3 is 29.7 Å². The van der Waals surface area contributed by atoms with Crippen molar-refractivity contribution in [2.24, 2.45) is 11.8 Å². The molecule has 6 atom stereocenters. The van der Waals surface area contributed by atoms with E-state index in [1.807, 2.05) is 51.2 Å². The van der Waals surface area contributed by atoms with E-state index in [1.165, 1.54) is 4.90 Å². The van der Waals surface area contributed by atoms with E-state index in [2.05, 4.69) is 0 Å². The van der Waals surface area contributed by atoms with Crippen LogP contribution in [0.15, 0.2) is 36.0 Å². The van der Waals surface area contributed by atoms with Crippen LogP contribution in [-0.2, 0) is 14.3 Å². The van der Waals surface area contributed by atoms with Gasteiger partial charge in [0, 0.05) is 24.9 Å². The average molecular weight is 480 g/mol. The Morgan fingerprint density at radius 2 is 2.09 bits per heavy atom. The van der Waals surface area contributed by atoms with Crippen LogP contribution in [0.2, 0.25) is 0 Å². The number of esters is 1. The second-order valence-corrected chi connectivity index (χ2v) is 10.0. The number of cyclic esters (lactones) is 1. The van der Waals surface area contributed by atoms with Crippen molar-refractivity contribution in [2.75, 3.05) is 19.7 Å². The molecule has 8 nitrogen and oxygen atoms in total. The number of rotatable bonds is 5. The quantitative estimate of drug-likeness (QED) is 0.315. The fraction of sp³-hybridized carbons (Fsp3) is 0.692. The first-order chi connectivity index (χ1) is 16.0. The van der Waals surface area contributed by atoms with Crippen LogP contribution in [0, 0.1) is 11.8 Å². The summed E-state index contributed by atoms with van der Waals surface area (Å²) in [5.41, 5.74) is -0.0901. The van der Waals surface area contributed by atoms with Crippen LogP contribution >= 0.6 is 0 Å². The second kappa shape index (κ2) is 13.1. The first-order valence-electron chi connectivity index (χ1n) is 12.2. The minimum absolute atomic E-state index is 0.0194. The predicted octanol–water partition coefficient (Wildman–Crippen LogP) is 3.12. The second-order valence-electron chi connectivity index (χ2n) is 10.0. The van der Waals surface area contributed by atoms with Gasteiger partial charge in [-0.15, -0.1) is 0 Å². The maximum Gasteiger partial charge on any atom is 0.409 e. The molecule has 192 valence electrons. The van der Waals surface area contributed by atoms with Crippen LogP contribution in [-0.4, -0.2) is 75.9 Å². The van der Waals surface area contributed by atoms with E-state index in [9.17, 15) is 24.9 Å². The molecular weight excluding hydrogens is 438 g/mol. The molecule has 0 aromatic heterocycles. The SMILES string of the molecule is C/C(=C\C=C\[C@@H](C)COC(=O)N1CC[C@@H](O)C1)[C@H]1OC(=O)C[C@H](O)CC[C@@](C)(O)C/C=C/[C@@H]1C. The Morgan fingerprint density at radius 3 is 2.76 bits per heavy atom. The minimum Gasteiger partial charge on any atom is -0.457 e. The largest absolute Gasteiger partial charge is 0.457 e. The lowest BCUT2D eigenvalue weighted by Gasteiger charge is -2.27. The molecule has 0 aromatic rings. The van der Waals surface area contributed by atoms with Gasteiger partial charge in [0.05, 0.1) is 30.8 Å². The Kier molecular flexibility index (Phi) is 10.8. The number of likely N-dealkylation sites (tertiary alicyclic amines) is 1. The maximum atomic E-state index is 12.4. The van der Waals surface area contributed by atoms with Gasteiger partial charge in [0.1, 0.15) is 6.10 Å². The highest BCUT2D eigenvalue weighted by atomic mass is 16.6. The number of allylic oxidation sites excluding steroid dienone is 2. The van der Waals surface area contributed by atoms with Crippen molar-refractivity contribution in [1.29, 1.82) is 0 Å². The molecule has 0 radical (unpaired) electrons. The fourth-order valence-electron chi connectivity index (χ4n) is 4.07. The molecule has 0 unspecified atom stereocenters. The molecule has 1 amide bonds. The minimum atomic E-state index is -0.933. The monoisotopic (exact) mass is 479 g/mol. The predicted molar refractivity (Wildman–Crippen MR) is 129 cm³/mol. The number of β-amino-alcohol motifs (C(OH)–C–C–N with tert-alkyl or cyclic N) is 1. The summed E-state index contributed by atoms with van der Waals surface area (Å²) >= 11 is 0. The van der Waals surface area contributed by atoms with Gasteiger partial charge in [0.25, 0.3) is 0 Å². The van der Waals surface area contributed by atoms with E-state index in [0.29, 0.717) is 38.8 Å². The molecule has 3 N–H and O–H groups in total. The maximum absolute atomic E-state index is 12.4. The Morgan fingerprint density at radius 1 is 1.35 bits per heavy atom. The zero-order valence-electron chi connectivity index (χ0n) is 20.9. The summed E-state index contributed by atoms with van der Waals surface area (Å²) in [6.45, 7) is 8.54. The van der Waals surface area contributed by atoms with E-state index in [0.717, 1.165) is 5.57 Å². The molecule has 1 saturated heterocycles. The third-order valence-corrected chi connectivity index (χ3v) is 6.29. The lowest BCUT2D eigenvalue weighted by atomic mass is 9.91. The van der Waals surface area contributed by atoms with E-state index in [4.69, 9.17) is 9.47 Å². The molecule has 8 heteroatoms. The van der Waals surface area contributed by atoms with Crippen LogP contribution in [0.5, 0.6) is 0 Å². The molecule has 2 aliphatic heterocycles. The number of hydrogen-bond acceptors (Lipinski definition) is 7. The Labute approximate surface area is 202 Å². The summed E-state index contributed by atoms with van der Waals surface area (Å²) in [5.74, 6) is -0.605. The van der Waals surface area contributed by atoms with Crippen molar-refractivity contribution < 1.29 is 34.4 Å². The van der Waals surface area contributed by atoms with Crippen LogP contribution in [0.1, 0.15) is 59.8 Å². The summed E-state index contributed by atoms with van der Waals surface area (Å²) in [6, 6.07) is 0. The highest BCUT2D eigenvalue weighted by Crippen LogP contribution is 2.24. The van der Waals surface area contributed by atoms with Gasteiger partial charge in [-0.3, -0.25) is 4.79 Å². The van der Waals surface area contributed by atoms with Crippen molar-refractivity contribution in [1.82, 2.24) is 4.90 Å². The smallest absolute Gasteiger partial charge is 0.409 e. The van der Waals surface area contributed by atoms with Gasteiger partial charge in [0.15, 0.2) is 0 Å². The molecular formula is C26H41NO7. The molecule has 0 spiro atoms. The number of amides is 1. The van der Waals surface area contributed by atoms with Gasteiger partial charge >= 0.3 is 12.1 Å². The summed E-state index contributed by atoms with van der Waals surface area (Å²) in [5, 5.41) is 30.2. The van der Waals surface area contributed by atoms with Crippen LogP contribution < -0.4 is 0 Å². The molecule has 34 heavy (non-hydrogen) atoms. The number of carbonyl (C=O) groups is 2. The Hall–Kier alpha value is -2.16. The first-order valence-corrected chi connectivity index (χ1v) is 12.2. The number of aliphatic hydroxyl groups is 3. The highest BCUT2D eigenvalue weighted by Gasteiger charge is 2.27. The third-order valence-electron chi connectivity index (χ3n) is 6.29. The van der Waals surface area contributed by atoms with E-state index < -0.39 is 36.0 Å².